The molecule has 8 heteroatoms. The number of nitrogens with zero attached hydrogens (tertiary/aromatic N) is 2. The summed E-state index contributed by atoms with van der Waals surface area (Å²) < 4.78 is 1.66. The summed E-state index contributed by atoms with van der Waals surface area (Å²) in [6.45, 7) is 9.32. The Morgan fingerprint density at radius 2 is 1.92 bits per heavy atom. The molecule has 0 aliphatic heterocycles. The Morgan fingerprint density at radius 3 is 2.38 bits per heavy atom. The van der Waals surface area contributed by atoms with Gasteiger partial charge in [-0.25, -0.2) is 4.79 Å². The van der Waals surface area contributed by atoms with Gasteiger partial charge in [0, 0.05) is 6.20 Å². The summed E-state index contributed by atoms with van der Waals surface area (Å²) in [6.07, 6.45) is 3.36. The molecule has 1 atom stereocenters. The van der Waals surface area contributed by atoms with E-state index in [0.717, 1.165) is 0 Å². The lowest BCUT2D eigenvalue weighted by molar-refractivity contribution is -0.142. The Hall–Kier alpha value is -2.38. The molecule has 0 saturated heterocycles. The maximum absolute atomic E-state index is 12.0. The molecule has 1 aromatic rings. The number of carboxylic acid groups (broad SMARTS) is 1. The van der Waals surface area contributed by atoms with Gasteiger partial charge in [0.05, 0.1) is 23.8 Å². The van der Waals surface area contributed by atoms with Gasteiger partial charge in [-0.3, -0.25) is 14.3 Å². The average molecular weight is 338 g/mol. The second kappa shape index (κ2) is 7.94. The van der Waals surface area contributed by atoms with Crippen LogP contribution in [-0.4, -0.2) is 45.3 Å². The largest absolute Gasteiger partial charge is 0.480 e. The fraction of sp³-hybridized carbons (Fsp3) is 0.625. The molecule has 2 amide bonds. The molecule has 0 bridgehead atoms. The van der Waals surface area contributed by atoms with Gasteiger partial charge < -0.3 is 15.7 Å². The van der Waals surface area contributed by atoms with Crippen molar-refractivity contribution in [2.45, 2.75) is 52.6 Å². The SMILES string of the molecule is CC(C)C[C@H](NC(=O)CNC(=O)c1cnn(C(C)(C)C)c1)C(=O)O. The predicted octanol–water partition coefficient (Wildman–Crippen LogP) is 0.983. The van der Waals surface area contributed by atoms with Crippen molar-refractivity contribution in [3.8, 4) is 0 Å². The topological polar surface area (TPSA) is 113 Å². The van der Waals surface area contributed by atoms with Gasteiger partial charge in [-0.2, -0.15) is 5.10 Å². The van der Waals surface area contributed by atoms with Gasteiger partial charge in [0.25, 0.3) is 5.91 Å². The summed E-state index contributed by atoms with van der Waals surface area (Å²) in [5, 5.41) is 18.1. The Labute approximate surface area is 141 Å². The maximum atomic E-state index is 12.0. The van der Waals surface area contributed by atoms with Crippen LogP contribution in [-0.2, 0) is 15.1 Å². The van der Waals surface area contributed by atoms with Crippen molar-refractivity contribution in [2.24, 2.45) is 5.92 Å². The van der Waals surface area contributed by atoms with E-state index in [1.807, 2.05) is 34.6 Å². The van der Waals surface area contributed by atoms with Gasteiger partial charge in [-0.1, -0.05) is 13.8 Å². The molecular formula is C16H26N4O4. The van der Waals surface area contributed by atoms with Crippen LogP contribution in [0.4, 0.5) is 0 Å². The van der Waals surface area contributed by atoms with E-state index in [-0.39, 0.29) is 18.0 Å². The molecule has 24 heavy (non-hydrogen) atoms. The van der Waals surface area contributed by atoms with Crippen LogP contribution in [0.3, 0.4) is 0 Å². The zero-order valence-electron chi connectivity index (χ0n) is 14.8. The van der Waals surface area contributed by atoms with Crippen molar-refractivity contribution in [2.75, 3.05) is 6.54 Å². The first-order chi connectivity index (χ1) is 11.0. The highest BCUT2D eigenvalue weighted by Gasteiger charge is 2.22. The Bertz CT molecular complexity index is 601. The highest BCUT2D eigenvalue weighted by molar-refractivity contribution is 5.96. The molecule has 3 N–H and O–H groups in total. The molecule has 1 heterocycles. The monoisotopic (exact) mass is 338 g/mol. The molecule has 0 fully saturated rings. The lowest BCUT2D eigenvalue weighted by Crippen LogP contribution is -2.46. The van der Waals surface area contributed by atoms with Crippen molar-refractivity contribution in [1.29, 1.82) is 0 Å². The minimum atomic E-state index is -1.09. The molecular weight excluding hydrogens is 312 g/mol. The normalized spacial score (nSPS) is 12.8. The summed E-state index contributed by atoms with van der Waals surface area (Å²) in [7, 11) is 0. The minimum absolute atomic E-state index is 0.129. The molecule has 8 nitrogen and oxygen atoms in total. The fourth-order valence-corrected chi connectivity index (χ4v) is 2.01. The summed E-state index contributed by atoms with van der Waals surface area (Å²) in [5.41, 5.74) is 0.0938. The third kappa shape index (κ3) is 6.02. The molecule has 0 spiro atoms. The smallest absolute Gasteiger partial charge is 0.326 e. The van der Waals surface area contributed by atoms with E-state index in [9.17, 15) is 14.4 Å². The number of carboxylic acids is 1. The van der Waals surface area contributed by atoms with E-state index >= 15 is 0 Å². The number of hydrogen-bond acceptors (Lipinski definition) is 4. The first kappa shape index (κ1) is 19.7. The zero-order chi connectivity index (χ0) is 18.5. The molecule has 134 valence electrons. The second-order valence-corrected chi connectivity index (χ2v) is 7.11. The molecule has 0 aliphatic carbocycles. The lowest BCUT2D eigenvalue weighted by atomic mass is 10.0. The fourth-order valence-electron chi connectivity index (χ4n) is 2.01. The second-order valence-electron chi connectivity index (χ2n) is 7.11. The molecule has 1 rings (SSSR count). The maximum Gasteiger partial charge on any atom is 0.326 e. The van der Waals surface area contributed by atoms with Gasteiger partial charge in [0.1, 0.15) is 6.04 Å². The predicted molar refractivity (Wildman–Crippen MR) is 88.6 cm³/mol. The van der Waals surface area contributed by atoms with Gasteiger partial charge >= 0.3 is 5.97 Å². The van der Waals surface area contributed by atoms with E-state index in [0.29, 0.717) is 12.0 Å². The van der Waals surface area contributed by atoms with Gasteiger partial charge in [0.15, 0.2) is 0 Å². The van der Waals surface area contributed by atoms with E-state index in [2.05, 4.69) is 15.7 Å². The molecule has 0 aliphatic rings. The van der Waals surface area contributed by atoms with Gasteiger partial charge in [-0.15, -0.1) is 0 Å². The van der Waals surface area contributed by atoms with E-state index in [4.69, 9.17) is 5.11 Å². The van der Waals surface area contributed by atoms with E-state index < -0.39 is 23.8 Å². The first-order valence-corrected chi connectivity index (χ1v) is 7.86. The molecule has 1 aromatic heterocycles. The summed E-state index contributed by atoms with van der Waals surface area (Å²) in [6, 6.07) is -0.960. The zero-order valence-corrected chi connectivity index (χ0v) is 14.8. The summed E-state index contributed by atoms with van der Waals surface area (Å²) in [5.74, 6) is -1.94. The molecule has 0 unspecified atom stereocenters. The molecule has 0 radical (unpaired) electrons. The highest BCUT2D eigenvalue weighted by atomic mass is 16.4. The number of rotatable bonds is 7. The molecule has 0 aromatic carbocycles. The third-order valence-corrected chi connectivity index (χ3v) is 3.28. The standard InChI is InChI=1S/C16H26N4O4/c1-10(2)6-12(15(23)24)19-13(21)8-17-14(22)11-7-18-20(9-11)16(3,4)5/h7,9-10,12H,6,8H2,1-5H3,(H,17,22)(H,19,21)(H,23,24)/t12-/m0/s1. The van der Waals surface area contributed by atoms with E-state index in [1.54, 1.807) is 10.9 Å². The quantitative estimate of drug-likeness (QED) is 0.686. The van der Waals surface area contributed by atoms with Crippen LogP contribution in [0.5, 0.6) is 0 Å². The summed E-state index contributed by atoms with van der Waals surface area (Å²) in [4.78, 5) is 35.0. The van der Waals surface area contributed by atoms with Crippen LogP contribution in [0.1, 0.15) is 51.4 Å². The highest BCUT2D eigenvalue weighted by Crippen LogP contribution is 2.13. The number of nitrogens with one attached hydrogen (secondary N) is 2. The Morgan fingerprint density at radius 1 is 1.29 bits per heavy atom. The van der Waals surface area contributed by atoms with Crippen molar-refractivity contribution in [1.82, 2.24) is 20.4 Å². The van der Waals surface area contributed by atoms with Crippen LogP contribution in [0.15, 0.2) is 12.4 Å². The van der Waals surface area contributed by atoms with Crippen LogP contribution in [0.25, 0.3) is 0 Å². The third-order valence-electron chi connectivity index (χ3n) is 3.28. The van der Waals surface area contributed by atoms with Crippen molar-refractivity contribution >= 4 is 17.8 Å². The minimum Gasteiger partial charge on any atom is -0.480 e. The number of hydrogen-bond donors (Lipinski definition) is 3. The van der Waals surface area contributed by atoms with Crippen molar-refractivity contribution in [3.63, 3.8) is 0 Å². The number of aromatic nitrogens is 2. The Kier molecular flexibility index (Phi) is 6.51. The first-order valence-electron chi connectivity index (χ1n) is 7.86. The Balaban J connectivity index is 2.55. The number of carbonyl (C=O) groups is 3. The van der Waals surface area contributed by atoms with Crippen LogP contribution in [0.2, 0.25) is 0 Å². The molecule has 0 saturated carbocycles. The van der Waals surface area contributed by atoms with Crippen molar-refractivity contribution in [3.05, 3.63) is 18.0 Å². The number of carbonyl (C=O) groups excluding carboxylic acids is 2. The van der Waals surface area contributed by atoms with Gasteiger partial charge in [0.2, 0.25) is 5.91 Å². The average Bonchev–Trinajstić information content (AvgIpc) is 2.93. The van der Waals surface area contributed by atoms with Crippen LogP contribution in [0, 0.1) is 5.92 Å². The van der Waals surface area contributed by atoms with Crippen molar-refractivity contribution < 1.29 is 19.5 Å². The number of amides is 2. The summed E-state index contributed by atoms with van der Waals surface area (Å²) >= 11 is 0. The lowest BCUT2D eigenvalue weighted by Gasteiger charge is -2.18. The van der Waals surface area contributed by atoms with Gasteiger partial charge in [-0.05, 0) is 33.1 Å². The number of aliphatic carboxylic acids is 1. The van der Waals surface area contributed by atoms with Crippen LogP contribution < -0.4 is 10.6 Å². The van der Waals surface area contributed by atoms with Crippen LogP contribution >= 0.6 is 0 Å². The van der Waals surface area contributed by atoms with E-state index in [1.165, 1.54) is 6.20 Å².